The fraction of sp³-hybridized carbons (Fsp3) is 0.900. The molecule has 0 aromatic heterocycles. The number of rotatable bonds is 7. The molecule has 2 aliphatic carbocycles. The summed E-state index contributed by atoms with van der Waals surface area (Å²) in [5, 5.41) is 1.94. The molecule has 2 fully saturated rings. The van der Waals surface area contributed by atoms with Crippen LogP contribution in [0.15, 0.2) is 11.4 Å². The van der Waals surface area contributed by atoms with E-state index in [0.29, 0.717) is 0 Å². The average Bonchev–Trinajstić information content (AvgIpc) is 2.55. The Balaban J connectivity index is -0.000000484. The summed E-state index contributed by atoms with van der Waals surface area (Å²) in [7, 11) is 0.183. The van der Waals surface area contributed by atoms with Crippen molar-refractivity contribution in [2.45, 2.75) is 115 Å². The van der Waals surface area contributed by atoms with Crippen molar-refractivity contribution >= 4 is 7.92 Å². The fourth-order valence-electron chi connectivity index (χ4n) is 4.39. The van der Waals surface area contributed by atoms with Gasteiger partial charge >= 0.3 is 26.2 Å². The molecule has 0 heterocycles. The molecule has 154 valence electrons. The predicted octanol–water partition coefficient (Wildman–Crippen LogP) is -4.37. The maximum Gasteiger partial charge on any atom is 4.00 e. The first-order valence-corrected chi connectivity index (χ1v) is 11.3. The van der Waals surface area contributed by atoms with Gasteiger partial charge in [0.15, 0.2) is 0 Å². The van der Waals surface area contributed by atoms with Gasteiger partial charge in [-0.25, -0.2) is 0 Å². The van der Waals surface area contributed by atoms with E-state index < -0.39 is 0 Å². The van der Waals surface area contributed by atoms with Crippen molar-refractivity contribution in [1.29, 1.82) is 0 Å². The minimum absolute atomic E-state index is 0. The zero-order valence-electron chi connectivity index (χ0n) is 16.6. The number of hydrogen-bond acceptors (Lipinski definition) is 0. The summed E-state index contributed by atoms with van der Waals surface area (Å²) in [6, 6.07) is 0. The molecule has 0 spiro atoms. The van der Waals surface area contributed by atoms with Crippen LogP contribution < -0.4 is 49.6 Å². The van der Waals surface area contributed by atoms with Gasteiger partial charge in [0.25, 0.3) is 0 Å². The fourth-order valence-corrected chi connectivity index (χ4v) is 8.59. The molecule has 0 atom stereocenters. The first-order chi connectivity index (χ1) is 10.4. The average molecular weight is 542 g/mol. The van der Waals surface area contributed by atoms with Crippen LogP contribution >= 0.6 is 7.92 Å². The zero-order chi connectivity index (χ0) is 14.9. The molecule has 0 bridgehead atoms. The van der Waals surface area contributed by atoms with Gasteiger partial charge in [-0.1, -0.05) is 79.2 Å². The zero-order valence-corrected chi connectivity index (χ0v) is 23.0. The molecule has 6 heteroatoms. The van der Waals surface area contributed by atoms with Crippen molar-refractivity contribution in [1.82, 2.24) is 0 Å². The van der Waals surface area contributed by atoms with Crippen molar-refractivity contribution < 1.29 is 75.8 Å². The molecule has 2 aliphatic rings. The predicted molar refractivity (Wildman–Crippen MR) is 98.6 cm³/mol. The van der Waals surface area contributed by atoms with E-state index in [1.54, 1.807) is 25.7 Å². The maximum absolute atomic E-state index is 2.69. The van der Waals surface area contributed by atoms with Crippen molar-refractivity contribution in [3.8, 4) is 0 Å². The Labute approximate surface area is 208 Å². The molecule has 0 nitrogen and oxygen atoms in total. The van der Waals surface area contributed by atoms with Crippen molar-refractivity contribution in [2.75, 3.05) is 0 Å². The molecular formula is C20H37Cl4PZr. The minimum atomic E-state index is 0. The number of allylic oxidation sites excluding steroid dienone is 2. The van der Waals surface area contributed by atoms with E-state index in [2.05, 4.69) is 19.9 Å². The standard InChI is InChI=1S/C20H37P.4ClH.Zr/c1-3-5-13-18(12-4-2)21(19-14-8-6-9-15-19)20-16-10-7-11-17-20;;;;;/h13,19-20H,3-12,14-17H2,1-2H3;4*1H;/q;;;;;+4/p-4. The van der Waals surface area contributed by atoms with Gasteiger partial charge in [-0.05, 0) is 55.2 Å². The van der Waals surface area contributed by atoms with Crippen molar-refractivity contribution in [3.63, 3.8) is 0 Å². The van der Waals surface area contributed by atoms with Crippen LogP contribution in [0.1, 0.15) is 104 Å². The van der Waals surface area contributed by atoms with E-state index in [1.807, 2.05) is 5.31 Å². The van der Waals surface area contributed by atoms with E-state index in [1.165, 1.54) is 64.2 Å². The van der Waals surface area contributed by atoms with Crippen LogP contribution in [0.3, 0.4) is 0 Å². The monoisotopic (exact) mass is 538 g/mol. The Morgan fingerprint density at radius 3 is 1.50 bits per heavy atom. The molecule has 2 rings (SSSR count). The SMILES string of the molecule is CCCC=C(CCC)P(C1CCCCC1)C1CCCCC1.[Cl-].[Cl-].[Cl-].[Cl-].[Zr+4]. The van der Waals surface area contributed by atoms with E-state index in [-0.39, 0.29) is 83.8 Å². The summed E-state index contributed by atoms with van der Waals surface area (Å²) < 4.78 is 0. The second-order valence-electron chi connectivity index (χ2n) is 7.23. The number of halogens is 4. The van der Waals surface area contributed by atoms with Gasteiger partial charge in [0.05, 0.1) is 0 Å². The second-order valence-corrected chi connectivity index (χ2v) is 10.1. The summed E-state index contributed by atoms with van der Waals surface area (Å²) in [4.78, 5) is 0. The first kappa shape index (κ1) is 35.6. The van der Waals surface area contributed by atoms with Crippen LogP contribution in [0.25, 0.3) is 0 Å². The van der Waals surface area contributed by atoms with Crippen molar-refractivity contribution in [2.24, 2.45) is 0 Å². The third-order valence-corrected chi connectivity index (χ3v) is 9.12. The van der Waals surface area contributed by atoms with Gasteiger partial charge in [-0.2, -0.15) is 0 Å². The third kappa shape index (κ3) is 12.0. The molecule has 0 amide bonds. The van der Waals surface area contributed by atoms with Gasteiger partial charge in [0, 0.05) is 0 Å². The Morgan fingerprint density at radius 1 is 0.731 bits per heavy atom. The van der Waals surface area contributed by atoms with Crippen LogP contribution in [0.4, 0.5) is 0 Å². The van der Waals surface area contributed by atoms with Gasteiger partial charge in [-0.3, -0.25) is 0 Å². The summed E-state index contributed by atoms with van der Waals surface area (Å²) in [6.45, 7) is 4.72. The van der Waals surface area contributed by atoms with Crippen LogP contribution in [0.5, 0.6) is 0 Å². The summed E-state index contributed by atoms with van der Waals surface area (Å²) in [5.41, 5.74) is 2.18. The van der Waals surface area contributed by atoms with E-state index in [0.717, 1.165) is 11.3 Å². The summed E-state index contributed by atoms with van der Waals surface area (Å²) in [6.07, 6.45) is 23.4. The molecule has 0 unspecified atom stereocenters. The molecule has 0 N–H and O–H groups in total. The topological polar surface area (TPSA) is 0 Å². The Kier molecular flexibility index (Phi) is 30.0. The summed E-state index contributed by atoms with van der Waals surface area (Å²) in [5.74, 6) is 0. The molecule has 0 aromatic carbocycles. The minimum Gasteiger partial charge on any atom is -1.00 e. The van der Waals surface area contributed by atoms with Crippen LogP contribution in [-0.4, -0.2) is 11.3 Å². The Hall–Kier alpha value is 2.21. The molecular weight excluding hydrogens is 504 g/mol. The Morgan fingerprint density at radius 2 is 1.15 bits per heavy atom. The molecule has 0 aliphatic heterocycles. The quantitative estimate of drug-likeness (QED) is 0.286. The second kappa shape index (κ2) is 21.9. The van der Waals surface area contributed by atoms with Gasteiger partial charge < -0.3 is 49.6 Å². The first-order valence-electron chi connectivity index (χ1n) is 9.84. The molecule has 26 heavy (non-hydrogen) atoms. The molecule has 0 radical (unpaired) electrons. The number of hydrogen-bond donors (Lipinski definition) is 0. The third-order valence-electron chi connectivity index (χ3n) is 5.44. The van der Waals surface area contributed by atoms with E-state index in [4.69, 9.17) is 0 Å². The molecule has 0 saturated heterocycles. The van der Waals surface area contributed by atoms with Crippen LogP contribution in [0, 0.1) is 0 Å². The van der Waals surface area contributed by atoms with Crippen molar-refractivity contribution in [3.05, 3.63) is 11.4 Å². The maximum atomic E-state index is 2.69. The molecule has 0 aromatic rings. The smallest absolute Gasteiger partial charge is 1.00 e. The number of unbranched alkanes of at least 4 members (excludes halogenated alkanes) is 1. The van der Waals surface area contributed by atoms with Crippen LogP contribution in [0.2, 0.25) is 0 Å². The van der Waals surface area contributed by atoms with Crippen LogP contribution in [-0.2, 0) is 26.2 Å². The Bertz CT molecular complexity index is 299. The van der Waals surface area contributed by atoms with E-state index in [9.17, 15) is 0 Å². The van der Waals surface area contributed by atoms with Gasteiger partial charge in [-0.15, -0.1) is 0 Å². The largest absolute Gasteiger partial charge is 4.00 e. The summed E-state index contributed by atoms with van der Waals surface area (Å²) >= 11 is 0. The van der Waals surface area contributed by atoms with E-state index >= 15 is 0 Å². The van der Waals surface area contributed by atoms with Gasteiger partial charge in [0.1, 0.15) is 0 Å². The molecule has 2 saturated carbocycles. The normalized spacial score (nSPS) is 18.5. The van der Waals surface area contributed by atoms with Gasteiger partial charge in [0.2, 0.25) is 0 Å².